The van der Waals surface area contributed by atoms with Crippen molar-refractivity contribution in [3.8, 4) is 5.75 Å². The zero-order chi connectivity index (χ0) is 11.1. The van der Waals surface area contributed by atoms with Gasteiger partial charge in [0.15, 0.2) is 0 Å². The molecule has 0 saturated heterocycles. The van der Waals surface area contributed by atoms with Crippen LogP contribution in [0.25, 0.3) is 0 Å². The average molecular weight is 207 g/mol. The van der Waals surface area contributed by atoms with E-state index in [-0.39, 0.29) is 5.75 Å². The van der Waals surface area contributed by atoms with E-state index in [2.05, 4.69) is 12.1 Å². The van der Waals surface area contributed by atoms with Crippen LogP contribution in [-0.2, 0) is 4.84 Å². The predicted molar refractivity (Wildman–Crippen MR) is 61.2 cm³/mol. The van der Waals surface area contributed by atoms with Gasteiger partial charge in [0.1, 0.15) is 12.9 Å². The van der Waals surface area contributed by atoms with E-state index in [9.17, 15) is 5.11 Å². The van der Waals surface area contributed by atoms with Gasteiger partial charge < -0.3 is 9.94 Å². The minimum Gasteiger partial charge on any atom is -0.508 e. The molecule has 0 unspecified atom stereocenters. The summed E-state index contributed by atoms with van der Waals surface area (Å²) in [4.78, 5) is 4.80. The maximum absolute atomic E-state index is 9.36. The monoisotopic (exact) mass is 207 g/mol. The fourth-order valence-corrected chi connectivity index (χ4v) is 1.38. The summed E-state index contributed by atoms with van der Waals surface area (Å²) in [5.41, 5.74) is 1.81. The van der Waals surface area contributed by atoms with Crippen LogP contribution in [0.1, 0.15) is 31.7 Å². The molecule has 1 N–H and O–H groups in total. The van der Waals surface area contributed by atoms with Crippen LogP contribution in [0.5, 0.6) is 5.75 Å². The minimum atomic E-state index is 0.257. The largest absolute Gasteiger partial charge is 0.508 e. The zero-order valence-corrected chi connectivity index (χ0v) is 9.23. The van der Waals surface area contributed by atoms with E-state index in [0.717, 1.165) is 30.5 Å². The molecule has 0 radical (unpaired) electrons. The van der Waals surface area contributed by atoms with Gasteiger partial charge in [0.25, 0.3) is 0 Å². The highest BCUT2D eigenvalue weighted by atomic mass is 16.6. The van der Waals surface area contributed by atoms with Crippen molar-refractivity contribution in [2.45, 2.75) is 26.2 Å². The lowest BCUT2D eigenvalue weighted by atomic mass is 10.0. The van der Waals surface area contributed by atoms with Gasteiger partial charge in [-0.1, -0.05) is 30.6 Å². The van der Waals surface area contributed by atoms with Gasteiger partial charge in [-0.15, -0.1) is 0 Å². The SMILES string of the molecule is CCCC/C(=N\OC)c1cccc(O)c1. The smallest absolute Gasteiger partial charge is 0.116 e. The third kappa shape index (κ3) is 3.62. The molecule has 0 atom stereocenters. The molecule has 0 bridgehead atoms. The van der Waals surface area contributed by atoms with E-state index in [1.165, 1.54) is 7.11 Å². The number of phenolic OH excluding ortho intramolecular Hbond substituents is 1. The fourth-order valence-electron chi connectivity index (χ4n) is 1.38. The molecule has 15 heavy (non-hydrogen) atoms. The molecule has 0 aliphatic rings. The average Bonchev–Trinajstić information content (AvgIpc) is 2.24. The lowest BCUT2D eigenvalue weighted by Gasteiger charge is -2.05. The molecule has 82 valence electrons. The first-order chi connectivity index (χ1) is 7.27. The Kier molecular flexibility index (Phi) is 4.68. The maximum atomic E-state index is 9.36. The van der Waals surface area contributed by atoms with Crippen molar-refractivity contribution < 1.29 is 9.94 Å². The first-order valence-corrected chi connectivity index (χ1v) is 5.17. The number of nitrogens with zero attached hydrogens (tertiary/aromatic N) is 1. The van der Waals surface area contributed by atoms with Gasteiger partial charge in [0, 0.05) is 5.56 Å². The summed E-state index contributed by atoms with van der Waals surface area (Å²) in [6.07, 6.45) is 3.05. The van der Waals surface area contributed by atoms with Crippen LogP contribution >= 0.6 is 0 Å². The Balaban J connectivity index is 2.84. The van der Waals surface area contributed by atoms with E-state index in [0.29, 0.717) is 0 Å². The first-order valence-electron chi connectivity index (χ1n) is 5.17. The summed E-state index contributed by atoms with van der Waals surface area (Å²) in [6, 6.07) is 7.08. The van der Waals surface area contributed by atoms with Gasteiger partial charge in [-0.3, -0.25) is 0 Å². The molecule has 0 fully saturated rings. The van der Waals surface area contributed by atoms with E-state index in [1.807, 2.05) is 12.1 Å². The van der Waals surface area contributed by atoms with Crippen LogP contribution in [-0.4, -0.2) is 17.9 Å². The van der Waals surface area contributed by atoms with Crippen LogP contribution in [0.15, 0.2) is 29.4 Å². The second kappa shape index (κ2) is 6.06. The van der Waals surface area contributed by atoms with Gasteiger partial charge in [0.2, 0.25) is 0 Å². The lowest BCUT2D eigenvalue weighted by molar-refractivity contribution is 0.212. The van der Waals surface area contributed by atoms with Crippen molar-refractivity contribution in [1.29, 1.82) is 0 Å². The number of phenols is 1. The molecule has 0 aromatic heterocycles. The summed E-state index contributed by atoms with van der Waals surface area (Å²) < 4.78 is 0. The third-order valence-electron chi connectivity index (χ3n) is 2.15. The molecule has 3 heteroatoms. The number of unbranched alkanes of at least 4 members (excludes halogenated alkanes) is 1. The summed E-state index contributed by atoms with van der Waals surface area (Å²) >= 11 is 0. The molecule has 0 amide bonds. The summed E-state index contributed by atoms with van der Waals surface area (Å²) in [7, 11) is 1.54. The Labute approximate surface area is 90.4 Å². The van der Waals surface area contributed by atoms with E-state index >= 15 is 0 Å². The van der Waals surface area contributed by atoms with E-state index in [4.69, 9.17) is 4.84 Å². The van der Waals surface area contributed by atoms with Gasteiger partial charge in [-0.25, -0.2) is 0 Å². The molecule has 0 aliphatic heterocycles. The minimum absolute atomic E-state index is 0.257. The van der Waals surface area contributed by atoms with Crippen molar-refractivity contribution in [2.75, 3.05) is 7.11 Å². The fraction of sp³-hybridized carbons (Fsp3) is 0.417. The Hall–Kier alpha value is -1.51. The Bertz CT molecular complexity index is 334. The molecule has 0 saturated carbocycles. The second-order valence-corrected chi connectivity index (χ2v) is 3.37. The van der Waals surface area contributed by atoms with Crippen molar-refractivity contribution in [3.05, 3.63) is 29.8 Å². The number of oxime groups is 1. The van der Waals surface area contributed by atoms with Crippen LogP contribution in [0.2, 0.25) is 0 Å². The number of hydrogen-bond acceptors (Lipinski definition) is 3. The molecule has 3 nitrogen and oxygen atoms in total. The van der Waals surface area contributed by atoms with Crippen molar-refractivity contribution >= 4 is 5.71 Å². The Morgan fingerprint density at radius 1 is 1.47 bits per heavy atom. The highest BCUT2D eigenvalue weighted by Gasteiger charge is 2.04. The standard InChI is InChI=1S/C12H17NO2/c1-3-4-8-12(13-15-2)10-6-5-7-11(14)9-10/h5-7,9,14H,3-4,8H2,1-2H3/b13-12+. The van der Waals surface area contributed by atoms with Crippen LogP contribution in [0.3, 0.4) is 0 Å². The van der Waals surface area contributed by atoms with Crippen molar-refractivity contribution in [1.82, 2.24) is 0 Å². The van der Waals surface area contributed by atoms with Crippen LogP contribution in [0, 0.1) is 0 Å². The highest BCUT2D eigenvalue weighted by molar-refractivity contribution is 6.00. The third-order valence-corrected chi connectivity index (χ3v) is 2.15. The number of aromatic hydroxyl groups is 1. The molecule has 0 spiro atoms. The van der Waals surface area contributed by atoms with Gasteiger partial charge >= 0.3 is 0 Å². The normalized spacial score (nSPS) is 11.5. The quantitative estimate of drug-likeness (QED) is 0.595. The zero-order valence-electron chi connectivity index (χ0n) is 9.23. The topological polar surface area (TPSA) is 41.8 Å². The van der Waals surface area contributed by atoms with Gasteiger partial charge in [-0.05, 0) is 25.0 Å². The molecular formula is C12H17NO2. The predicted octanol–water partition coefficient (Wildman–Crippen LogP) is 2.93. The van der Waals surface area contributed by atoms with E-state index in [1.54, 1.807) is 12.1 Å². The highest BCUT2D eigenvalue weighted by Crippen LogP contribution is 2.14. The molecule has 0 heterocycles. The second-order valence-electron chi connectivity index (χ2n) is 3.37. The molecule has 1 rings (SSSR count). The number of benzene rings is 1. The van der Waals surface area contributed by atoms with E-state index < -0.39 is 0 Å². The van der Waals surface area contributed by atoms with Gasteiger partial charge in [-0.2, -0.15) is 0 Å². The molecule has 1 aromatic rings. The van der Waals surface area contributed by atoms with Crippen molar-refractivity contribution in [3.63, 3.8) is 0 Å². The number of rotatable bonds is 5. The van der Waals surface area contributed by atoms with Gasteiger partial charge in [0.05, 0.1) is 5.71 Å². The first kappa shape index (κ1) is 11.6. The molecular weight excluding hydrogens is 190 g/mol. The summed E-state index contributed by atoms with van der Waals surface area (Å²) in [5.74, 6) is 0.257. The summed E-state index contributed by atoms with van der Waals surface area (Å²) in [6.45, 7) is 2.13. The Morgan fingerprint density at radius 2 is 2.27 bits per heavy atom. The van der Waals surface area contributed by atoms with Crippen LogP contribution in [0.4, 0.5) is 0 Å². The van der Waals surface area contributed by atoms with Crippen molar-refractivity contribution in [2.24, 2.45) is 5.16 Å². The Morgan fingerprint density at radius 3 is 2.87 bits per heavy atom. The van der Waals surface area contributed by atoms with Crippen LogP contribution < -0.4 is 0 Å². The summed E-state index contributed by atoms with van der Waals surface area (Å²) in [5, 5.41) is 13.3. The maximum Gasteiger partial charge on any atom is 0.116 e. The number of hydrogen-bond donors (Lipinski definition) is 1. The molecule has 1 aromatic carbocycles. The lowest BCUT2D eigenvalue weighted by Crippen LogP contribution is -2.01. The molecule has 0 aliphatic carbocycles.